The van der Waals surface area contributed by atoms with E-state index in [1.807, 2.05) is 48.5 Å². The van der Waals surface area contributed by atoms with Gasteiger partial charge in [-0.1, -0.05) is 28.1 Å². The van der Waals surface area contributed by atoms with Gasteiger partial charge in [-0.15, -0.1) is 0 Å². The molecule has 0 radical (unpaired) electrons. The van der Waals surface area contributed by atoms with E-state index in [2.05, 4.69) is 21.2 Å². The number of nitrogens with zero attached hydrogens (tertiary/aromatic N) is 2. The number of aromatic nitrogens is 2. The molecule has 35 heavy (non-hydrogen) atoms. The van der Waals surface area contributed by atoms with Gasteiger partial charge in [0.2, 0.25) is 5.75 Å². The highest BCUT2D eigenvalue weighted by molar-refractivity contribution is 9.10. The minimum absolute atomic E-state index is 0.455. The van der Waals surface area contributed by atoms with Gasteiger partial charge in [-0.25, -0.2) is 9.97 Å². The van der Waals surface area contributed by atoms with Crippen molar-refractivity contribution < 1.29 is 23.7 Å². The molecular formula is C26H26BrN3O5. The Balaban J connectivity index is 1.80. The minimum atomic E-state index is 0.455. The minimum Gasteiger partial charge on any atom is -0.493 e. The van der Waals surface area contributed by atoms with Gasteiger partial charge in [-0.3, -0.25) is 0 Å². The standard InChI is InChI=1S/C26H26BrN3O5/c1-31-20-12-18-19(13-21(20)32-2)29-25(16-6-8-17(27)9-7-16)30-26(18)28-14-15-10-22(33-3)24(35-5)23(11-15)34-4/h6-13H,14H2,1-5H3,(H,28,29,30). The predicted octanol–water partition coefficient (Wildman–Crippen LogP) is 5.71. The molecule has 1 aromatic heterocycles. The fourth-order valence-electron chi connectivity index (χ4n) is 3.74. The second-order valence-electron chi connectivity index (χ2n) is 7.51. The van der Waals surface area contributed by atoms with Crippen LogP contribution >= 0.6 is 15.9 Å². The first kappa shape index (κ1) is 24.4. The van der Waals surface area contributed by atoms with Crippen LogP contribution < -0.4 is 29.0 Å². The molecule has 182 valence electrons. The fraction of sp³-hybridized carbons (Fsp3) is 0.231. The molecule has 1 heterocycles. The van der Waals surface area contributed by atoms with Crippen molar-refractivity contribution in [2.24, 2.45) is 0 Å². The van der Waals surface area contributed by atoms with E-state index in [4.69, 9.17) is 33.7 Å². The van der Waals surface area contributed by atoms with Gasteiger partial charge in [-0.2, -0.15) is 0 Å². The van der Waals surface area contributed by atoms with Gasteiger partial charge in [0.15, 0.2) is 28.8 Å². The van der Waals surface area contributed by atoms with Crippen LogP contribution in [0.2, 0.25) is 0 Å². The maximum Gasteiger partial charge on any atom is 0.203 e. The van der Waals surface area contributed by atoms with E-state index in [9.17, 15) is 0 Å². The first-order valence-electron chi connectivity index (χ1n) is 10.7. The van der Waals surface area contributed by atoms with Crippen molar-refractivity contribution in [3.63, 3.8) is 0 Å². The molecule has 3 aromatic carbocycles. The van der Waals surface area contributed by atoms with Crippen LogP contribution in [0, 0.1) is 0 Å². The number of fused-ring (bicyclic) bond motifs is 1. The SMILES string of the molecule is COc1cc2nc(-c3ccc(Br)cc3)nc(NCc3cc(OC)c(OC)c(OC)c3)c2cc1OC. The number of methoxy groups -OCH3 is 5. The summed E-state index contributed by atoms with van der Waals surface area (Å²) in [6.07, 6.45) is 0. The monoisotopic (exact) mass is 539 g/mol. The number of halogens is 1. The van der Waals surface area contributed by atoms with E-state index in [-0.39, 0.29) is 0 Å². The molecule has 0 spiro atoms. The van der Waals surface area contributed by atoms with Crippen molar-refractivity contribution in [2.75, 3.05) is 40.9 Å². The summed E-state index contributed by atoms with van der Waals surface area (Å²) >= 11 is 3.48. The summed E-state index contributed by atoms with van der Waals surface area (Å²) in [5.41, 5.74) is 2.54. The highest BCUT2D eigenvalue weighted by Crippen LogP contribution is 2.39. The molecule has 4 rings (SSSR count). The van der Waals surface area contributed by atoms with Gasteiger partial charge in [0.05, 0.1) is 41.1 Å². The van der Waals surface area contributed by atoms with Crippen LogP contribution in [0.15, 0.2) is 53.0 Å². The van der Waals surface area contributed by atoms with Crippen molar-refractivity contribution in [1.29, 1.82) is 0 Å². The number of benzene rings is 3. The van der Waals surface area contributed by atoms with Gasteiger partial charge in [0.1, 0.15) is 5.82 Å². The molecule has 0 aliphatic heterocycles. The highest BCUT2D eigenvalue weighted by atomic mass is 79.9. The van der Waals surface area contributed by atoms with Gasteiger partial charge in [-0.05, 0) is 35.9 Å². The largest absolute Gasteiger partial charge is 0.493 e. The van der Waals surface area contributed by atoms with E-state index in [1.54, 1.807) is 35.5 Å². The summed E-state index contributed by atoms with van der Waals surface area (Å²) in [5.74, 6) is 4.14. The van der Waals surface area contributed by atoms with Crippen molar-refractivity contribution in [1.82, 2.24) is 9.97 Å². The molecule has 0 fully saturated rings. The number of ether oxygens (including phenoxy) is 5. The molecule has 0 amide bonds. The zero-order valence-corrected chi connectivity index (χ0v) is 21.7. The number of hydrogen-bond acceptors (Lipinski definition) is 8. The second-order valence-corrected chi connectivity index (χ2v) is 8.43. The quantitative estimate of drug-likeness (QED) is 0.289. The molecule has 1 N–H and O–H groups in total. The van der Waals surface area contributed by atoms with Gasteiger partial charge in [0.25, 0.3) is 0 Å². The highest BCUT2D eigenvalue weighted by Gasteiger charge is 2.16. The Morgan fingerprint density at radius 3 is 1.89 bits per heavy atom. The van der Waals surface area contributed by atoms with Gasteiger partial charge < -0.3 is 29.0 Å². The van der Waals surface area contributed by atoms with Crippen molar-refractivity contribution in [2.45, 2.75) is 6.54 Å². The van der Waals surface area contributed by atoms with Crippen LogP contribution in [-0.4, -0.2) is 45.5 Å². The molecule has 0 saturated heterocycles. The van der Waals surface area contributed by atoms with Crippen molar-refractivity contribution >= 4 is 32.7 Å². The first-order chi connectivity index (χ1) is 17.0. The molecular weight excluding hydrogens is 514 g/mol. The topological polar surface area (TPSA) is 84.0 Å². The molecule has 9 heteroatoms. The molecule has 0 saturated carbocycles. The lowest BCUT2D eigenvalue weighted by molar-refractivity contribution is 0.324. The van der Waals surface area contributed by atoms with Crippen molar-refractivity contribution in [3.05, 3.63) is 58.6 Å². The smallest absolute Gasteiger partial charge is 0.203 e. The van der Waals surface area contributed by atoms with E-state index >= 15 is 0 Å². The third kappa shape index (κ3) is 5.05. The predicted molar refractivity (Wildman–Crippen MR) is 139 cm³/mol. The zero-order valence-electron chi connectivity index (χ0n) is 20.1. The van der Waals surface area contributed by atoms with Crippen molar-refractivity contribution in [3.8, 4) is 40.1 Å². The van der Waals surface area contributed by atoms with E-state index < -0.39 is 0 Å². The summed E-state index contributed by atoms with van der Waals surface area (Å²) in [5, 5.41) is 4.25. The normalized spacial score (nSPS) is 10.7. The number of hydrogen-bond donors (Lipinski definition) is 1. The summed E-state index contributed by atoms with van der Waals surface area (Å²) < 4.78 is 28.4. The van der Waals surface area contributed by atoms with Gasteiger partial charge in [0, 0.05) is 28.0 Å². The summed E-state index contributed by atoms with van der Waals surface area (Å²) in [6.45, 7) is 0.455. The summed E-state index contributed by atoms with van der Waals surface area (Å²) in [4.78, 5) is 9.64. The van der Waals surface area contributed by atoms with E-state index in [0.717, 1.165) is 26.5 Å². The Labute approximate surface area is 212 Å². The Hall–Kier alpha value is -3.72. The van der Waals surface area contributed by atoms with Crippen LogP contribution in [-0.2, 0) is 6.54 Å². The lowest BCUT2D eigenvalue weighted by Gasteiger charge is -2.16. The number of rotatable bonds is 9. The van der Waals surface area contributed by atoms with E-state index in [0.29, 0.717) is 46.9 Å². The fourth-order valence-corrected chi connectivity index (χ4v) is 4.01. The number of anilines is 1. The van der Waals surface area contributed by atoms with Crippen LogP contribution in [0.25, 0.3) is 22.3 Å². The maximum atomic E-state index is 5.52. The third-order valence-corrected chi connectivity index (χ3v) is 6.02. The van der Waals surface area contributed by atoms with Crippen LogP contribution in [0.1, 0.15) is 5.56 Å². The Morgan fingerprint density at radius 1 is 0.714 bits per heavy atom. The Kier molecular flexibility index (Phi) is 7.45. The molecule has 0 unspecified atom stereocenters. The molecule has 4 aromatic rings. The number of nitrogens with one attached hydrogen (secondary N) is 1. The Morgan fingerprint density at radius 2 is 1.31 bits per heavy atom. The average Bonchev–Trinajstić information content (AvgIpc) is 2.90. The molecule has 8 nitrogen and oxygen atoms in total. The maximum absolute atomic E-state index is 5.52. The van der Waals surface area contributed by atoms with Gasteiger partial charge >= 0.3 is 0 Å². The molecule has 0 bridgehead atoms. The van der Waals surface area contributed by atoms with Crippen LogP contribution in [0.3, 0.4) is 0 Å². The molecule has 0 aliphatic rings. The third-order valence-electron chi connectivity index (χ3n) is 5.49. The summed E-state index contributed by atoms with van der Waals surface area (Å²) in [7, 11) is 7.97. The summed E-state index contributed by atoms with van der Waals surface area (Å²) in [6, 6.07) is 15.4. The lowest BCUT2D eigenvalue weighted by atomic mass is 10.1. The first-order valence-corrected chi connectivity index (χ1v) is 11.5. The van der Waals surface area contributed by atoms with Crippen LogP contribution in [0.5, 0.6) is 28.7 Å². The van der Waals surface area contributed by atoms with Crippen LogP contribution in [0.4, 0.5) is 5.82 Å². The average molecular weight is 540 g/mol. The lowest BCUT2D eigenvalue weighted by Crippen LogP contribution is -2.06. The van der Waals surface area contributed by atoms with E-state index in [1.165, 1.54) is 0 Å². The molecule has 0 aliphatic carbocycles. The second kappa shape index (κ2) is 10.7. The molecule has 0 atom stereocenters. The zero-order chi connectivity index (χ0) is 24.9. The Bertz CT molecular complexity index is 1320.